The van der Waals surface area contributed by atoms with Gasteiger partial charge in [-0.25, -0.2) is 0 Å². The monoisotopic (exact) mass is 288 g/mol. The fraction of sp³-hybridized carbons (Fsp3) is 0.588. The van der Waals surface area contributed by atoms with E-state index in [0.29, 0.717) is 0 Å². The Kier molecular flexibility index (Phi) is 4.88. The summed E-state index contributed by atoms with van der Waals surface area (Å²) >= 11 is 0. The van der Waals surface area contributed by atoms with Crippen LogP contribution in [-0.2, 0) is 16.1 Å². The van der Waals surface area contributed by atoms with E-state index in [4.69, 9.17) is 4.74 Å². The minimum absolute atomic E-state index is 0.257. The maximum Gasteiger partial charge on any atom is 0.123 e. The number of hydrogen-bond acceptors (Lipinski definition) is 4. The van der Waals surface area contributed by atoms with Gasteiger partial charge in [-0.2, -0.15) is 0 Å². The average molecular weight is 288 g/mol. The topological polar surface area (TPSA) is 32.8 Å². The summed E-state index contributed by atoms with van der Waals surface area (Å²) in [5.74, 6) is 0.257. The molecular formula is C17H24N2O2. The number of nitrogens with zero attached hydrogens (tertiary/aromatic N) is 2. The van der Waals surface area contributed by atoms with Gasteiger partial charge < -0.3 is 14.4 Å². The van der Waals surface area contributed by atoms with Gasteiger partial charge in [0, 0.05) is 44.3 Å². The summed E-state index contributed by atoms with van der Waals surface area (Å²) in [4.78, 5) is 15.8. The van der Waals surface area contributed by atoms with Gasteiger partial charge in [0.25, 0.3) is 0 Å². The van der Waals surface area contributed by atoms with Gasteiger partial charge in [0.1, 0.15) is 6.29 Å². The highest BCUT2D eigenvalue weighted by atomic mass is 16.5. The van der Waals surface area contributed by atoms with Gasteiger partial charge in [0.2, 0.25) is 0 Å². The van der Waals surface area contributed by atoms with E-state index in [-0.39, 0.29) is 5.92 Å². The van der Waals surface area contributed by atoms with Crippen molar-refractivity contribution in [2.75, 3.05) is 44.3 Å². The molecule has 0 unspecified atom stereocenters. The molecule has 0 bridgehead atoms. The van der Waals surface area contributed by atoms with Crippen LogP contribution < -0.4 is 4.90 Å². The highest BCUT2D eigenvalue weighted by Crippen LogP contribution is 2.26. The molecule has 0 aromatic heterocycles. The van der Waals surface area contributed by atoms with E-state index in [0.717, 1.165) is 65.1 Å². The molecule has 0 N–H and O–H groups in total. The zero-order valence-corrected chi connectivity index (χ0v) is 12.5. The van der Waals surface area contributed by atoms with Crippen molar-refractivity contribution in [1.29, 1.82) is 0 Å². The molecule has 0 aliphatic carbocycles. The number of anilines is 1. The predicted molar refractivity (Wildman–Crippen MR) is 83.5 cm³/mol. The number of para-hydroxylation sites is 1. The molecule has 2 aliphatic heterocycles. The fourth-order valence-electron chi connectivity index (χ4n) is 3.23. The molecular weight excluding hydrogens is 264 g/mol. The maximum absolute atomic E-state index is 10.9. The summed E-state index contributed by atoms with van der Waals surface area (Å²) in [6.07, 6.45) is 3.09. The first kappa shape index (κ1) is 14.5. The highest BCUT2D eigenvalue weighted by molar-refractivity contribution is 5.57. The molecule has 0 atom stereocenters. The van der Waals surface area contributed by atoms with Crippen molar-refractivity contribution in [3.63, 3.8) is 0 Å². The molecule has 1 aromatic carbocycles. The van der Waals surface area contributed by atoms with Crippen LogP contribution in [0.4, 0.5) is 5.69 Å². The number of benzene rings is 1. The number of ether oxygens (including phenoxy) is 1. The van der Waals surface area contributed by atoms with Gasteiger partial charge in [-0.15, -0.1) is 0 Å². The number of aldehydes is 1. The summed E-state index contributed by atoms with van der Waals surface area (Å²) in [7, 11) is 0. The zero-order valence-electron chi connectivity index (χ0n) is 12.5. The van der Waals surface area contributed by atoms with Crippen LogP contribution in [0.15, 0.2) is 24.3 Å². The third kappa shape index (κ3) is 3.63. The summed E-state index contributed by atoms with van der Waals surface area (Å²) < 4.78 is 5.42. The van der Waals surface area contributed by atoms with E-state index in [1.807, 2.05) is 0 Å². The van der Waals surface area contributed by atoms with Crippen molar-refractivity contribution in [3.8, 4) is 0 Å². The van der Waals surface area contributed by atoms with Crippen molar-refractivity contribution in [2.24, 2.45) is 5.92 Å². The number of hydrogen-bond donors (Lipinski definition) is 0. The number of carbonyl (C=O) groups is 1. The number of morpholine rings is 1. The Labute approximate surface area is 126 Å². The smallest absolute Gasteiger partial charge is 0.123 e. The lowest BCUT2D eigenvalue weighted by atomic mass is 9.97. The van der Waals surface area contributed by atoms with Crippen molar-refractivity contribution >= 4 is 12.0 Å². The molecule has 1 aromatic rings. The Morgan fingerprint density at radius 3 is 2.52 bits per heavy atom. The molecule has 4 heteroatoms. The average Bonchev–Trinajstić information content (AvgIpc) is 2.56. The molecule has 0 spiro atoms. The lowest BCUT2D eigenvalue weighted by Crippen LogP contribution is -2.37. The Bertz CT molecular complexity index is 464. The molecule has 2 heterocycles. The molecule has 114 valence electrons. The zero-order chi connectivity index (χ0) is 14.5. The van der Waals surface area contributed by atoms with E-state index >= 15 is 0 Å². The molecule has 3 rings (SSSR count). The van der Waals surface area contributed by atoms with Crippen LogP contribution in [-0.4, -0.2) is 50.6 Å². The summed E-state index contributed by atoms with van der Waals surface area (Å²) in [5.41, 5.74) is 2.73. The molecule has 2 fully saturated rings. The predicted octanol–water partition coefficient (Wildman–Crippen LogP) is 1.93. The SMILES string of the molecule is O=CC1CCN(c2ccccc2CN2CCOCC2)CC1. The Morgan fingerprint density at radius 2 is 1.81 bits per heavy atom. The van der Waals surface area contributed by atoms with Crippen LogP contribution in [0.2, 0.25) is 0 Å². The van der Waals surface area contributed by atoms with Crippen molar-refractivity contribution in [1.82, 2.24) is 4.90 Å². The third-order valence-corrected chi connectivity index (χ3v) is 4.56. The van der Waals surface area contributed by atoms with Gasteiger partial charge in [0.15, 0.2) is 0 Å². The first-order chi connectivity index (χ1) is 10.4. The van der Waals surface area contributed by atoms with Gasteiger partial charge in [-0.1, -0.05) is 18.2 Å². The Balaban J connectivity index is 1.68. The van der Waals surface area contributed by atoms with Gasteiger partial charge in [-0.3, -0.25) is 4.90 Å². The van der Waals surface area contributed by atoms with Crippen LogP contribution in [0.1, 0.15) is 18.4 Å². The molecule has 0 radical (unpaired) electrons. The summed E-state index contributed by atoms with van der Waals surface area (Å²) in [5, 5.41) is 0. The van der Waals surface area contributed by atoms with Crippen molar-refractivity contribution in [2.45, 2.75) is 19.4 Å². The summed E-state index contributed by atoms with van der Waals surface area (Å²) in [6.45, 7) is 6.68. The number of rotatable bonds is 4. The second-order valence-electron chi connectivity index (χ2n) is 5.98. The number of carbonyl (C=O) groups excluding carboxylic acids is 1. The van der Waals surface area contributed by atoms with Crippen LogP contribution in [0.5, 0.6) is 0 Å². The first-order valence-corrected chi connectivity index (χ1v) is 7.95. The molecule has 0 saturated carbocycles. The normalized spacial score (nSPS) is 21.4. The number of piperidine rings is 1. The molecule has 0 amide bonds. The largest absolute Gasteiger partial charge is 0.379 e. The summed E-state index contributed by atoms with van der Waals surface area (Å²) in [6, 6.07) is 8.69. The Hall–Kier alpha value is -1.39. The van der Waals surface area contributed by atoms with Gasteiger partial charge >= 0.3 is 0 Å². The fourth-order valence-corrected chi connectivity index (χ4v) is 3.23. The standard InChI is InChI=1S/C17H24N2O2/c20-14-15-5-7-19(8-6-15)17-4-2-1-3-16(17)13-18-9-11-21-12-10-18/h1-4,14-15H,5-13H2. The first-order valence-electron chi connectivity index (χ1n) is 7.95. The lowest BCUT2D eigenvalue weighted by molar-refractivity contribution is -0.111. The van der Waals surface area contributed by atoms with Crippen LogP contribution in [0, 0.1) is 5.92 Å². The van der Waals surface area contributed by atoms with E-state index in [2.05, 4.69) is 34.1 Å². The second kappa shape index (κ2) is 7.05. The minimum atomic E-state index is 0.257. The molecule has 21 heavy (non-hydrogen) atoms. The third-order valence-electron chi connectivity index (χ3n) is 4.56. The quantitative estimate of drug-likeness (QED) is 0.793. The molecule has 4 nitrogen and oxygen atoms in total. The van der Waals surface area contributed by atoms with Crippen molar-refractivity contribution in [3.05, 3.63) is 29.8 Å². The van der Waals surface area contributed by atoms with Crippen molar-refractivity contribution < 1.29 is 9.53 Å². The van der Waals surface area contributed by atoms with E-state index in [1.165, 1.54) is 11.3 Å². The van der Waals surface area contributed by atoms with Gasteiger partial charge in [0.05, 0.1) is 13.2 Å². The van der Waals surface area contributed by atoms with Gasteiger partial charge in [-0.05, 0) is 24.5 Å². The second-order valence-corrected chi connectivity index (χ2v) is 5.98. The van der Waals surface area contributed by atoms with E-state index in [9.17, 15) is 4.79 Å². The Morgan fingerprint density at radius 1 is 1.10 bits per heavy atom. The van der Waals surface area contributed by atoms with E-state index < -0.39 is 0 Å². The maximum atomic E-state index is 10.9. The van der Waals surface area contributed by atoms with Crippen LogP contribution in [0.3, 0.4) is 0 Å². The van der Waals surface area contributed by atoms with E-state index in [1.54, 1.807) is 0 Å². The lowest BCUT2D eigenvalue weighted by Gasteiger charge is -2.34. The molecule has 2 aliphatic rings. The van der Waals surface area contributed by atoms with Crippen LogP contribution >= 0.6 is 0 Å². The molecule has 2 saturated heterocycles. The van der Waals surface area contributed by atoms with Crippen LogP contribution in [0.25, 0.3) is 0 Å². The minimum Gasteiger partial charge on any atom is -0.379 e. The highest BCUT2D eigenvalue weighted by Gasteiger charge is 2.21.